The summed E-state index contributed by atoms with van der Waals surface area (Å²) in [6, 6.07) is -0.112. The van der Waals surface area contributed by atoms with Crippen LogP contribution < -0.4 is 5.32 Å². The van der Waals surface area contributed by atoms with Gasteiger partial charge in [-0.2, -0.15) is 0 Å². The molecule has 1 rings (SSSR count). The lowest BCUT2D eigenvalue weighted by atomic mass is 10.1. The second kappa shape index (κ2) is 7.61. The predicted octanol–water partition coefficient (Wildman–Crippen LogP) is 2.64. The number of amidine groups is 1. The van der Waals surface area contributed by atoms with Crippen LogP contribution in [0.2, 0.25) is 0 Å². The Labute approximate surface area is 112 Å². The minimum atomic E-state index is -0.310. The van der Waals surface area contributed by atoms with Crippen molar-refractivity contribution < 1.29 is 9.13 Å². The maximum absolute atomic E-state index is 13.7. The molecule has 0 bridgehead atoms. The molecule has 1 aliphatic heterocycles. The zero-order valence-corrected chi connectivity index (χ0v) is 11.7. The fourth-order valence-electron chi connectivity index (χ4n) is 1.56. The molecular formula is C12H19ClFN3O. The molecular weight excluding hydrogens is 257 g/mol. The SMILES string of the molecule is CC/C=C(/F)C1=NC(Cl)=NC(CNC(C)OC)C1. The fraction of sp³-hybridized carbons (Fsp3) is 0.667. The minimum absolute atomic E-state index is 0.0719. The van der Waals surface area contributed by atoms with Gasteiger partial charge in [-0.15, -0.1) is 0 Å². The summed E-state index contributed by atoms with van der Waals surface area (Å²) in [6.07, 6.45) is 2.50. The predicted molar refractivity (Wildman–Crippen MR) is 73.1 cm³/mol. The number of rotatable bonds is 6. The number of aliphatic imine (C=N–C) groups is 2. The molecule has 18 heavy (non-hydrogen) atoms. The monoisotopic (exact) mass is 275 g/mol. The average Bonchev–Trinajstić information content (AvgIpc) is 2.35. The summed E-state index contributed by atoms with van der Waals surface area (Å²) in [4.78, 5) is 8.09. The number of nitrogens with zero attached hydrogens (tertiary/aromatic N) is 2. The van der Waals surface area contributed by atoms with Crippen molar-refractivity contribution in [3.63, 3.8) is 0 Å². The Morgan fingerprint density at radius 3 is 3.06 bits per heavy atom. The van der Waals surface area contributed by atoms with E-state index in [9.17, 15) is 4.39 Å². The molecule has 0 aliphatic carbocycles. The van der Waals surface area contributed by atoms with Gasteiger partial charge in [0.2, 0.25) is 5.29 Å². The van der Waals surface area contributed by atoms with Gasteiger partial charge < -0.3 is 4.74 Å². The number of halogens is 2. The van der Waals surface area contributed by atoms with Crippen molar-refractivity contribution in [3.8, 4) is 0 Å². The molecule has 0 amide bonds. The van der Waals surface area contributed by atoms with Gasteiger partial charge in [-0.05, 0) is 31.0 Å². The van der Waals surface area contributed by atoms with E-state index >= 15 is 0 Å². The van der Waals surface area contributed by atoms with Gasteiger partial charge in [0.1, 0.15) is 12.1 Å². The summed E-state index contributed by atoms with van der Waals surface area (Å²) in [5, 5.41) is 3.23. The van der Waals surface area contributed by atoms with Crippen LogP contribution in [-0.2, 0) is 4.74 Å². The van der Waals surface area contributed by atoms with Crippen molar-refractivity contribution >= 4 is 22.6 Å². The average molecular weight is 276 g/mol. The molecule has 0 fully saturated rings. The number of hydrogen-bond donors (Lipinski definition) is 1. The molecule has 0 spiro atoms. The van der Waals surface area contributed by atoms with Gasteiger partial charge in [-0.25, -0.2) is 9.38 Å². The normalized spacial score (nSPS) is 22.5. The third-order valence-corrected chi connectivity index (χ3v) is 2.78. The van der Waals surface area contributed by atoms with Gasteiger partial charge in [0.05, 0.1) is 11.8 Å². The first-order valence-corrected chi connectivity index (χ1v) is 6.37. The summed E-state index contributed by atoms with van der Waals surface area (Å²) < 4.78 is 18.7. The molecule has 1 aliphatic rings. The fourth-order valence-corrected chi connectivity index (χ4v) is 1.80. The van der Waals surface area contributed by atoms with Crippen LogP contribution in [0.4, 0.5) is 4.39 Å². The van der Waals surface area contributed by atoms with E-state index in [2.05, 4.69) is 15.3 Å². The number of methoxy groups -OCH3 is 1. The molecule has 1 heterocycles. The molecule has 4 nitrogen and oxygen atoms in total. The van der Waals surface area contributed by atoms with E-state index in [1.807, 2.05) is 13.8 Å². The second-order valence-electron chi connectivity index (χ2n) is 4.06. The Balaban J connectivity index is 2.61. The van der Waals surface area contributed by atoms with E-state index in [1.54, 1.807) is 7.11 Å². The smallest absolute Gasteiger partial charge is 0.218 e. The summed E-state index contributed by atoms with van der Waals surface area (Å²) >= 11 is 5.81. The highest BCUT2D eigenvalue weighted by molar-refractivity contribution is 6.66. The Bertz CT molecular complexity index is 368. The van der Waals surface area contributed by atoms with E-state index in [-0.39, 0.29) is 23.4 Å². The van der Waals surface area contributed by atoms with E-state index in [0.29, 0.717) is 25.1 Å². The van der Waals surface area contributed by atoms with Crippen LogP contribution in [-0.4, -0.2) is 36.9 Å². The molecule has 6 heteroatoms. The maximum Gasteiger partial charge on any atom is 0.218 e. The molecule has 2 atom stereocenters. The third kappa shape index (κ3) is 4.84. The van der Waals surface area contributed by atoms with Crippen LogP contribution in [0.5, 0.6) is 0 Å². The molecule has 0 aromatic heterocycles. The number of nitrogens with one attached hydrogen (secondary N) is 1. The summed E-state index contributed by atoms with van der Waals surface area (Å²) in [6.45, 7) is 4.34. The molecule has 0 aromatic rings. The van der Waals surface area contributed by atoms with E-state index in [4.69, 9.17) is 16.3 Å². The molecule has 0 aromatic carbocycles. The van der Waals surface area contributed by atoms with Crippen molar-refractivity contribution in [2.24, 2.45) is 9.98 Å². The van der Waals surface area contributed by atoms with E-state index < -0.39 is 0 Å². The highest BCUT2D eigenvalue weighted by atomic mass is 35.5. The maximum atomic E-state index is 13.7. The van der Waals surface area contributed by atoms with Gasteiger partial charge in [0, 0.05) is 20.1 Å². The molecule has 0 saturated heterocycles. The lowest BCUT2D eigenvalue weighted by Crippen LogP contribution is -2.36. The lowest BCUT2D eigenvalue weighted by molar-refractivity contribution is 0.0883. The second-order valence-corrected chi connectivity index (χ2v) is 4.40. The van der Waals surface area contributed by atoms with Crippen molar-refractivity contribution in [3.05, 3.63) is 11.9 Å². The zero-order chi connectivity index (χ0) is 13.5. The van der Waals surface area contributed by atoms with E-state index in [0.717, 1.165) is 0 Å². The Morgan fingerprint density at radius 2 is 2.44 bits per heavy atom. The van der Waals surface area contributed by atoms with Gasteiger partial charge in [-0.1, -0.05) is 6.92 Å². The zero-order valence-electron chi connectivity index (χ0n) is 10.9. The molecule has 0 saturated carbocycles. The molecule has 1 N–H and O–H groups in total. The Morgan fingerprint density at radius 1 is 1.72 bits per heavy atom. The molecule has 2 unspecified atom stereocenters. The van der Waals surface area contributed by atoms with Crippen molar-refractivity contribution in [2.45, 2.75) is 39.0 Å². The van der Waals surface area contributed by atoms with Crippen LogP contribution in [0.3, 0.4) is 0 Å². The van der Waals surface area contributed by atoms with E-state index in [1.165, 1.54) is 6.08 Å². The highest BCUT2D eigenvalue weighted by Gasteiger charge is 2.20. The highest BCUT2D eigenvalue weighted by Crippen LogP contribution is 2.16. The standard InChI is InChI=1S/C12H19ClFN3O/c1-4-5-10(14)11-6-9(16-12(13)17-11)7-15-8(2)18-3/h5,8-9,15H,4,6-7H2,1-3H3/b10-5+. The summed E-state index contributed by atoms with van der Waals surface area (Å²) in [5.74, 6) is -0.310. The van der Waals surface area contributed by atoms with Crippen LogP contribution in [0.25, 0.3) is 0 Å². The van der Waals surface area contributed by atoms with Gasteiger partial charge in [0.25, 0.3) is 0 Å². The molecule has 0 radical (unpaired) electrons. The van der Waals surface area contributed by atoms with Crippen LogP contribution in [0, 0.1) is 0 Å². The number of ether oxygens (including phenoxy) is 1. The Kier molecular flexibility index (Phi) is 6.46. The first-order chi connectivity index (χ1) is 8.56. The van der Waals surface area contributed by atoms with Gasteiger partial charge in [-0.3, -0.25) is 10.3 Å². The number of allylic oxidation sites excluding steroid dienone is 2. The van der Waals surface area contributed by atoms with Gasteiger partial charge in [0.15, 0.2) is 0 Å². The van der Waals surface area contributed by atoms with Crippen molar-refractivity contribution in [1.29, 1.82) is 0 Å². The van der Waals surface area contributed by atoms with Crippen LogP contribution in [0.1, 0.15) is 26.7 Å². The van der Waals surface area contributed by atoms with Crippen LogP contribution >= 0.6 is 11.6 Å². The lowest BCUT2D eigenvalue weighted by Gasteiger charge is -2.20. The summed E-state index contributed by atoms with van der Waals surface area (Å²) in [5.41, 5.74) is 0.369. The van der Waals surface area contributed by atoms with Crippen molar-refractivity contribution in [1.82, 2.24) is 5.32 Å². The third-order valence-electron chi connectivity index (χ3n) is 2.60. The first-order valence-electron chi connectivity index (χ1n) is 5.99. The quantitative estimate of drug-likeness (QED) is 0.598. The van der Waals surface area contributed by atoms with Crippen molar-refractivity contribution in [2.75, 3.05) is 13.7 Å². The number of hydrogen-bond acceptors (Lipinski definition) is 4. The Hall–Kier alpha value is -0.780. The first kappa shape index (κ1) is 15.3. The largest absolute Gasteiger partial charge is 0.367 e. The van der Waals surface area contributed by atoms with Crippen LogP contribution in [0.15, 0.2) is 21.9 Å². The summed E-state index contributed by atoms with van der Waals surface area (Å²) in [7, 11) is 1.62. The molecule has 102 valence electrons. The van der Waals surface area contributed by atoms with Gasteiger partial charge >= 0.3 is 0 Å². The minimum Gasteiger partial charge on any atom is -0.367 e. The topological polar surface area (TPSA) is 46.0 Å².